The zero-order chi connectivity index (χ0) is 19.1. The Morgan fingerprint density at radius 1 is 1.04 bits per heavy atom. The van der Waals surface area contributed by atoms with Crippen molar-refractivity contribution in [1.82, 2.24) is 9.36 Å². The van der Waals surface area contributed by atoms with Crippen molar-refractivity contribution in [2.45, 2.75) is 18.2 Å². The van der Waals surface area contributed by atoms with Crippen molar-refractivity contribution in [2.24, 2.45) is 0 Å². The second-order valence-corrected chi connectivity index (χ2v) is 7.89. The highest BCUT2D eigenvalue weighted by atomic mass is 32.2. The van der Waals surface area contributed by atoms with E-state index in [9.17, 15) is 8.42 Å². The summed E-state index contributed by atoms with van der Waals surface area (Å²) in [6, 6.07) is 15.4. The molecule has 0 aliphatic carbocycles. The monoisotopic (exact) mass is 405 g/mol. The van der Waals surface area contributed by atoms with Crippen molar-refractivity contribution in [2.75, 3.05) is 17.9 Å². The predicted octanol–water partition coefficient (Wildman–Crippen LogP) is 3.71. The van der Waals surface area contributed by atoms with E-state index in [2.05, 4.69) is 14.1 Å². The van der Waals surface area contributed by atoms with Crippen molar-refractivity contribution in [3.63, 3.8) is 0 Å². The minimum absolute atomic E-state index is 0.119. The molecule has 0 bridgehead atoms. The van der Waals surface area contributed by atoms with Gasteiger partial charge in [-0.05, 0) is 43.3 Å². The summed E-state index contributed by atoms with van der Waals surface area (Å²) in [4.78, 5) is 4.30. The lowest BCUT2D eigenvalue weighted by molar-refractivity contribution is 0.150. The van der Waals surface area contributed by atoms with Crippen LogP contribution in [0.3, 0.4) is 0 Å². The number of para-hydroxylation sites is 1. The Labute approximate surface area is 162 Å². The third kappa shape index (κ3) is 5.49. The van der Waals surface area contributed by atoms with E-state index < -0.39 is 10.0 Å². The quantitative estimate of drug-likeness (QED) is 0.546. The van der Waals surface area contributed by atoms with Gasteiger partial charge in [-0.1, -0.05) is 18.2 Å². The maximum Gasteiger partial charge on any atom is 0.263 e. The van der Waals surface area contributed by atoms with E-state index in [4.69, 9.17) is 9.47 Å². The molecule has 0 amide bonds. The van der Waals surface area contributed by atoms with Crippen LogP contribution in [0.1, 0.15) is 12.7 Å². The van der Waals surface area contributed by atoms with Crippen molar-refractivity contribution in [3.8, 4) is 11.5 Å². The molecule has 0 spiro atoms. The zero-order valence-electron chi connectivity index (χ0n) is 14.7. The van der Waals surface area contributed by atoms with Gasteiger partial charge in [-0.25, -0.2) is 13.4 Å². The summed E-state index contributed by atoms with van der Waals surface area (Å²) in [7, 11) is -3.74. The molecule has 0 aliphatic rings. The molecular weight excluding hydrogens is 386 g/mol. The normalized spacial score (nSPS) is 11.3. The molecule has 0 atom stereocenters. The molecule has 0 saturated carbocycles. The number of benzene rings is 2. The standard InChI is InChI=1S/C18H19N3O4S2/c1-2-24-13-12-17-19-18(26-20-17)21-27(22,23)16-10-8-15(9-11-16)25-14-6-4-3-5-7-14/h3-11H,2,12-13H2,1H3,(H,19,20,21). The van der Waals surface area contributed by atoms with Gasteiger partial charge < -0.3 is 9.47 Å². The third-order valence-electron chi connectivity index (χ3n) is 3.48. The summed E-state index contributed by atoms with van der Waals surface area (Å²) in [5, 5.41) is 0.228. The number of ether oxygens (including phenoxy) is 2. The first-order valence-corrected chi connectivity index (χ1v) is 10.6. The van der Waals surface area contributed by atoms with Crippen LogP contribution in [0.25, 0.3) is 0 Å². The largest absolute Gasteiger partial charge is 0.457 e. The number of nitrogens with zero attached hydrogens (tertiary/aromatic N) is 2. The van der Waals surface area contributed by atoms with Crippen LogP contribution in [0.5, 0.6) is 11.5 Å². The van der Waals surface area contributed by atoms with Crippen LogP contribution in [0.4, 0.5) is 5.13 Å². The van der Waals surface area contributed by atoms with Crippen LogP contribution >= 0.6 is 11.5 Å². The Balaban J connectivity index is 1.64. The fraction of sp³-hybridized carbons (Fsp3) is 0.222. The number of hydrogen-bond donors (Lipinski definition) is 1. The Morgan fingerprint density at radius 2 is 1.74 bits per heavy atom. The van der Waals surface area contributed by atoms with Crippen LogP contribution in [0.15, 0.2) is 59.5 Å². The van der Waals surface area contributed by atoms with Crippen molar-refractivity contribution >= 4 is 26.7 Å². The molecule has 3 rings (SSSR count). The molecule has 1 aromatic heterocycles. The highest BCUT2D eigenvalue weighted by Crippen LogP contribution is 2.24. The maximum absolute atomic E-state index is 12.5. The minimum Gasteiger partial charge on any atom is -0.457 e. The van der Waals surface area contributed by atoms with E-state index in [1.165, 1.54) is 12.1 Å². The Bertz CT molecular complexity index is 958. The molecule has 0 radical (unpaired) electrons. The van der Waals surface area contributed by atoms with Crippen molar-refractivity contribution in [3.05, 3.63) is 60.4 Å². The number of anilines is 1. The molecule has 1 N–H and O–H groups in total. The lowest BCUT2D eigenvalue weighted by Crippen LogP contribution is -2.12. The summed E-state index contributed by atoms with van der Waals surface area (Å²) < 4.78 is 42.5. The topological polar surface area (TPSA) is 90.4 Å². The zero-order valence-corrected chi connectivity index (χ0v) is 16.3. The molecule has 0 saturated heterocycles. The van der Waals surface area contributed by atoms with Gasteiger partial charge in [0.15, 0.2) is 0 Å². The highest BCUT2D eigenvalue weighted by molar-refractivity contribution is 7.93. The second kappa shape index (κ2) is 8.94. The second-order valence-electron chi connectivity index (χ2n) is 5.45. The van der Waals surface area contributed by atoms with Crippen molar-refractivity contribution in [1.29, 1.82) is 0 Å². The van der Waals surface area contributed by atoms with Gasteiger partial charge in [0.2, 0.25) is 5.13 Å². The van der Waals surface area contributed by atoms with Crippen LogP contribution in [-0.4, -0.2) is 31.0 Å². The molecule has 0 fully saturated rings. The fourth-order valence-electron chi connectivity index (χ4n) is 2.19. The predicted molar refractivity (Wildman–Crippen MR) is 104 cm³/mol. The molecule has 142 valence electrons. The Hall–Kier alpha value is -2.49. The molecule has 7 nitrogen and oxygen atoms in total. The summed E-state index contributed by atoms with van der Waals surface area (Å²) in [6.07, 6.45) is 0.539. The number of rotatable bonds is 9. The first-order valence-electron chi connectivity index (χ1n) is 8.33. The molecule has 0 aliphatic heterocycles. The number of sulfonamides is 1. The molecule has 1 heterocycles. The van der Waals surface area contributed by atoms with Gasteiger partial charge in [0, 0.05) is 24.6 Å². The molecule has 3 aromatic rings. The van der Waals surface area contributed by atoms with Gasteiger partial charge in [0.05, 0.1) is 11.5 Å². The van der Waals surface area contributed by atoms with Crippen molar-refractivity contribution < 1.29 is 17.9 Å². The number of aromatic nitrogens is 2. The molecule has 27 heavy (non-hydrogen) atoms. The highest BCUT2D eigenvalue weighted by Gasteiger charge is 2.17. The summed E-state index contributed by atoms with van der Waals surface area (Å²) in [5.41, 5.74) is 0. The Kier molecular flexibility index (Phi) is 6.38. The summed E-state index contributed by atoms with van der Waals surface area (Å²) >= 11 is 1.00. The first-order chi connectivity index (χ1) is 13.1. The van der Waals surface area contributed by atoms with E-state index in [0.717, 1.165) is 11.5 Å². The average Bonchev–Trinajstić information content (AvgIpc) is 3.10. The summed E-state index contributed by atoms with van der Waals surface area (Å²) in [6.45, 7) is 3.03. The van der Waals surface area contributed by atoms with Gasteiger partial charge in [-0.15, -0.1) is 0 Å². The van der Waals surface area contributed by atoms with E-state index in [1.807, 2.05) is 37.3 Å². The summed E-state index contributed by atoms with van der Waals surface area (Å²) in [5.74, 6) is 1.78. The van der Waals surface area contributed by atoms with Gasteiger partial charge in [-0.3, -0.25) is 4.72 Å². The number of nitrogens with one attached hydrogen (secondary N) is 1. The van der Waals surface area contributed by atoms with E-state index in [0.29, 0.717) is 37.0 Å². The SMILES string of the molecule is CCOCCc1nsc(NS(=O)(=O)c2ccc(Oc3ccccc3)cc2)n1. The number of hydrogen-bond acceptors (Lipinski definition) is 7. The van der Waals surface area contributed by atoms with E-state index >= 15 is 0 Å². The maximum atomic E-state index is 12.5. The molecular formula is C18H19N3O4S2. The van der Waals surface area contributed by atoms with Crippen LogP contribution in [0.2, 0.25) is 0 Å². The van der Waals surface area contributed by atoms with Crippen LogP contribution in [-0.2, 0) is 21.2 Å². The molecule has 0 unspecified atom stereocenters. The smallest absolute Gasteiger partial charge is 0.263 e. The van der Waals surface area contributed by atoms with Gasteiger partial charge in [0.25, 0.3) is 10.0 Å². The van der Waals surface area contributed by atoms with E-state index in [1.54, 1.807) is 12.1 Å². The van der Waals surface area contributed by atoms with Gasteiger partial charge in [0.1, 0.15) is 17.3 Å². The lowest BCUT2D eigenvalue weighted by atomic mass is 10.3. The van der Waals surface area contributed by atoms with Crippen LogP contribution < -0.4 is 9.46 Å². The fourth-order valence-corrected chi connectivity index (χ4v) is 4.03. The molecule has 2 aromatic carbocycles. The van der Waals surface area contributed by atoms with Gasteiger partial charge in [-0.2, -0.15) is 4.37 Å². The minimum atomic E-state index is -3.74. The van der Waals surface area contributed by atoms with Crippen LogP contribution in [0, 0.1) is 0 Å². The third-order valence-corrected chi connectivity index (χ3v) is 5.63. The van der Waals surface area contributed by atoms with Gasteiger partial charge >= 0.3 is 0 Å². The lowest BCUT2D eigenvalue weighted by Gasteiger charge is -2.07. The Morgan fingerprint density at radius 3 is 2.44 bits per heavy atom. The molecule has 9 heteroatoms. The first kappa shape index (κ1) is 19.3. The van der Waals surface area contributed by atoms with E-state index in [-0.39, 0.29) is 10.0 Å². The average molecular weight is 406 g/mol.